The first-order valence-electron chi connectivity index (χ1n) is 8.53. The van der Waals surface area contributed by atoms with Crippen LogP contribution < -0.4 is 15.4 Å². The molecule has 0 saturated carbocycles. The van der Waals surface area contributed by atoms with Gasteiger partial charge in [-0.3, -0.25) is 9.59 Å². The van der Waals surface area contributed by atoms with Gasteiger partial charge < -0.3 is 25.6 Å². The van der Waals surface area contributed by atoms with E-state index in [1.807, 2.05) is 18.2 Å². The number of carboxylic acid groups (broad SMARTS) is 1. The summed E-state index contributed by atoms with van der Waals surface area (Å²) in [5.41, 5.74) is 7.58. The molecule has 7 nitrogen and oxygen atoms in total. The Kier molecular flexibility index (Phi) is 10.6. The maximum atomic E-state index is 11.3. The first kappa shape index (κ1) is 23.9. The Hall–Kier alpha value is -2.12. The summed E-state index contributed by atoms with van der Waals surface area (Å²) in [6, 6.07) is 5.63. The van der Waals surface area contributed by atoms with Crippen LogP contribution in [0.1, 0.15) is 45.6 Å². The summed E-state index contributed by atoms with van der Waals surface area (Å²) in [4.78, 5) is 23.0. The number of nitrogens with two attached hydrogens (primary N) is 1. The highest BCUT2D eigenvalue weighted by atomic mass is 16.5. The number of nitrogens with zero attached hydrogens (tertiary/aromatic N) is 1. The third-order valence-electron chi connectivity index (χ3n) is 3.66. The van der Waals surface area contributed by atoms with E-state index in [1.54, 1.807) is 11.9 Å². The van der Waals surface area contributed by atoms with E-state index in [1.165, 1.54) is 0 Å². The lowest BCUT2D eigenvalue weighted by Crippen LogP contribution is -2.35. The number of hydrogen-bond donors (Lipinski definition) is 3. The van der Waals surface area contributed by atoms with Crippen molar-refractivity contribution in [3.8, 4) is 5.75 Å². The normalized spacial score (nSPS) is 12.7. The van der Waals surface area contributed by atoms with E-state index in [-0.39, 0.29) is 17.9 Å². The highest BCUT2D eigenvalue weighted by Crippen LogP contribution is 2.31. The SMILES string of the molecule is CC(C)(C)CCCC(=O)O.CN1C(=O)COc2ccc(CN)cc21.CO. The van der Waals surface area contributed by atoms with Crippen LogP contribution in [0.25, 0.3) is 0 Å². The van der Waals surface area contributed by atoms with Crippen molar-refractivity contribution in [1.29, 1.82) is 0 Å². The zero-order valence-corrected chi connectivity index (χ0v) is 16.4. The van der Waals surface area contributed by atoms with Crippen LogP contribution in [0.15, 0.2) is 18.2 Å². The van der Waals surface area contributed by atoms with Crippen molar-refractivity contribution in [2.24, 2.45) is 11.1 Å². The van der Waals surface area contributed by atoms with Crippen LogP contribution in [-0.2, 0) is 16.1 Å². The van der Waals surface area contributed by atoms with Gasteiger partial charge in [0.15, 0.2) is 6.61 Å². The van der Waals surface area contributed by atoms with E-state index < -0.39 is 5.97 Å². The molecular weight excluding hydrogens is 336 g/mol. The predicted octanol–water partition coefficient (Wildman–Crippen LogP) is 2.40. The van der Waals surface area contributed by atoms with Crippen molar-refractivity contribution in [1.82, 2.24) is 0 Å². The van der Waals surface area contributed by atoms with E-state index in [0.29, 0.717) is 13.0 Å². The van der Waals surface area contributed by atoms with Crippen LogP contribution in [0.4, 0.5) is 5.69 Å². The summed E-state index contributed by atoms with van der Waals surface area (Å²) in [6.07, 6.45) is 2.08. The summed E-state index contributed by atoms with van der Waals surface area (Å²) >= 11 is 0. The maximum Gasteiger partial charge on any atom is 0.303 e. The van der Waals surface area contributed by atoms with E-state index in [9.17, 15) is 9.59 Å². The van der Waals surface area contributed by atoms with E-state index in [0.717, 1.165) is 37.0 Å². The van der Waals surface area contributed by atoms with Crippen molar-refractivity contribution in [2.75, 3.05) is 25.7 Å². The molecule has 148 valence electrons. The minimum atomic E-state index is -0.691. The number of fused-ring (bicyclic) bond motifs is 1. The van der Waals surface area contributed by atoms with Crippen molar-refractivity contribution in [3.63, 3.8) is 0 Å². The molecule has 1 heterocycles. The average molecular weight is 368 g/mol. The molecular formula is C19H32N2O5. The lowest BCUT2D eigenvalue weighted by Gasteiger charge is -2.26. The molecule has 0 aliphatic carbocycles. The minimum Gasteiger partial charge on any atom is -0.482 e. The Morgan fingerprint density at radius 1 is 1.31 bits per heavy atom. The van der Waals surface area contributed by atoms with Crippen LogP contribution in [0.2, 0.25) is 0 Å². The van der Waals surface area contributed by atoms with Crippen molar-refractivity contribution < 1.29 is 24.5 Å². The Labute approximate surface area is 155 Å². The summed E-state index contributed by atoms with van der Waals surface area (Å²) in [5, 5.41) is 15.3. The molecule has 1 aromatic carbocycles. The van der Waals surface area contributed by atoms with Gasteiger partial charge >= 0.3 is 5.97 Å². The molecule has 26 heavy (non-hydrogen) atoms. The maximum absolute atomic E-state index is 11.3. The van der Waals surface area contributed by atoms with Crippen LogP contribution in [0.3, 0.4) is 0 Å². The minimum absolute atomic E-state index is 0.0355. The number of anilines is 1. The number of likely N-dealkylation sites (N-methyl/N-ethyl adjacent to an activating group) is 1. The van der Waals surface area contributed by atoms with Crippen molar-refractivity contribution >= 4 is 17.6 Å². The fraction of sp³-hybridized carbons (Fsp3) is 0.579. The third kappa shape index (κ3) is 8.82. The third-order valence-corrected chi connectivity index (χ3v) is 3.66. The molecule has 7 heteroatoms. The molecule has 4 N–H and O–H groups in total. The number of carbonyl (C=O) groups is 2. The van der Waals surface area contributed by atoms with Gasteiger partial charge in [0.05, 0.1) is 5.69 Å². The molecule has 2 rings (SSSR count). The van der Waals surface area contributed by atoms with Gasteiger partial charge in [-0.15, -0.1) is 0 Å². The fourth-order valence-electron chi connectivity index (χ4n) is 2.21. The summed E-state index contributed by atoms with van der Waals surface area (Å²) in [5.74, 6) is 0.0141. The number of benzene rings is 1. The zero-order valence-electron chi connectivity index (χ0n) is 16.4. The summed E-state index contributed by atoms with van der Waals surface area (Å²) < 4.78 is 5.27. The Bertz CT molecular complexity index is 582. The number of carboxylic acids is 1. The van der Waals surface area contributed by atoms with Gasteiger partial charge in [-0.25, -0.2) is 0 Å². The van der Waals surface area contributed by atoms with Crippen LogP contribution in [0.5, 0.6) is 5.75 Å². The number of rotatable bonds is 4. The van der Waals surface area contributed by atoms with Crippen LogP contribution in [0, 0.1) is 5.41 Å². The Morgan fingerprint density at radius 2 is 1.92 bits per heavy atom. The van der Waals surface area contributed by atoms with E-state index in [2.05, 4.69) is 20.8 Å². The summed E-state index contributed by atoms with van der Waals surface area (Å²) in [6.45, 7) is 6.94. The molecule has 0 atom stereocenters. The zero-order chi connectivity index (χ0) is 20.3. The van der Waals surface area contributed by atoms with E-state index >= 15 is 0 Å². The highest BCUT2D eigenvalue weighted by Gasteiger charge is 2.21. The molecule has 1 aromatic rings. The lowest BCUT2D eigenvalue weighted by molar-refractivity contribution is -0.137. The second kappa shape index (κ2) is 11.5. The molecule has 0 aromatic heterocycles. The predicted molar refractivity (Wildman–Crippen MR) is 102 cm³/mol. The standard InChI is InChI=1S/C10H12N2O2.C8H16O2.CH4O/c1-12-8-4-7(5-11)2-3-9(8)14-6-10(12)13;1-8(2,3)6-4-5-7(9)10;1-2/h2-4H,5-6,11H2,1H3;4-6H2,1-3H3,(H,9,10);2H,1H3. The molecule has 1 aliphatic rings. The molecule has 0 saturated heterocycles. The molecule has 1 aliphatic heterocycles. The molecule has 0 spiro atoms. The number of hydrogen-bond acceptors (Lipinski definition) is 5. The monoisotopic (exact) mass is 368 g/mol. The number of aliphatic carboxylic acids is 1. The molecule has 1 amide bonds. The fourth-order valence-corrected chi connectivity index (χ4v) is 2.21. The molecule has 0 unspecified atom stereocenters. The molecule has 0 bridgehead atoms. The number of carbonyl (C=O) groups excluding carboxylic acids is 1. The molecule has 0 radical (unpaired) electrons. The topological polar surface area (TPSA) is 113 Å². The van der Waals surface area contributed by atoms with Crippen LogP contribution >= 0.6 is 0 Å². The number of aliphatic hydroxyl groups is 1. The first-order valence-corrected chi connectivity index (χ1v) is 8.53. The smallest absolute Gasteiger partial charge is 0.303 e. The van der Waals surface area contributed by atoms with Crippen LogP contribution in [-0.4, -0.2) is 42.9 Å². The number of aliphatic hydroxyl groups excluding tert-OH is 1. The Balaban J connectivity index is 0.000000464. The number of amides is 1. The molecule has 0 fully saturated rings. The lowest BCUT2D eigenvalue weighted by atomic mass is 9.90. The van der Waals surface area contributed by atoms with Gasteiger partial charge in [0.25, 0.3) is 5.91 Å². The highest BCUT2D eigenvalue weighted by molar-refractivity contribution is 5.97. The summed E-state index contributed by atoms with van der Waals surface area (Å²) in [7, 11) is 2.74. The largest absolute Gasteiger partial charge is 0.482 e. The van der Waals surface area contributed by atoms with Gasteiger partial charge in [0, 0.05) is 27.1 Å². The van der Waals surface area contributed by atoms with E-state index in [4.69, 9.17) is 20.7 Å². The second-order valence-corrected chi connectivity index (χ2v) is 7.06. The van der Waals surface area contributed by atoms with Gasteiger partial charge in [-0.2, -0.15) is 0 Å². The average Bonchev–Trinajstić information content (AvgIpc) is 2.59. The van der Waals surface area contributed by atoms with Crippen molar-refractivity contribution in [2.45, 2.75) is 46.6 Å². The second-order valence-electron chi connectivity index (χ2n) is 7.06. The van der Waals surface area contributed by atoms with Gasteiger partial charge in [-0.05, 0) is 36.0 Å². The first-order chi connectivity index (χ1) is 12.1. The van der Waals surface area contributed by atoms with Crippen molar-refractivity contribution in [3.05, 3.63) is 23.8 Å². The van der Waals surface area contributed by atoms with Gasteiger partial charge in [-0.1, -0.05) is 26.8 Å². The number of ether oxygens (including phenoxy) is 1. The van der Waals surface area contributed by atoms with Gasteiger partial charge in [0.1, 0.15) is 5.75 Å². The van der Waals surface area contributed by atoms with Gasteiger partial charge in [0.2, 0.25) is 0 Å². The quantitative estimate of drug-likeness (QED) is 0.752. The Morgan fingerprint density at radius 3 is 2.42 bits per heavy atom.